The molecule has 0 bridgehead atoms. The maximum atomic E-state index is 13.2. The first kappa shape index (κ1) is 19.4. The summed E-state index contributed by atoms with van der Waals surface area (Å²) in [5.41, 5.74) is 0. The lowest BCUT2D eigenvalue weighted by molar-refractivity contribution is -0.457. The van der Waals surface area contributed by atoms with Crippen molar-refractivity contribution < 1.29 is 62.2 Å². The molecular formula is C7F12O2. The van der Waals surface area contributed by atoms with Gasteiger partial charge in [-0.3, -0.25) is 0 Å². The van der Waals surface area contributed by atoms with E-state index in [1.807, 2.05) is 0 Å². The molecule has 0 aromatic heterocycles. The second-order valence-corrected chi connectivity index (χ2v) is 2.87. The van der Waals surface area contributed by atoms with E-state index in [1.54, 1.807) is 4.74 Å². The van der Waals surface area contributed by atoms with Crippen molar-refractivity contribution in [1.82, 2.24) is 0 Å². The van der Waals surface area contributed by atoms with Crippen molar-refractivity contribution in [3.63, 3.8) is 0 Å². The molecule has 0 aromatic carbocycles. The summed E-state index contributed by atoms with van der Waals surface area (Å²) >= 11 is 0. The molecule has 0 saturated heterocycles. The van der Waals surface area contributed by atoms with Crippen LogP contribution in [0.25, 0.3) is 0 Å². The van der Waals surface area contributed by atoms with Gasteiger partial charge in [-0.1, -0.05) is 0 Å². The van der Waals surface area contributed by atoms with E-state index in [0.29, 0.717) is 0 Å². The van der Waals surface area contributed by atoms with Gasteiger partial charge in [-0.15, -0.1) is 13.2 Å². The van der Waals surface area contributed by atoms with Crippen LogP contribution < -0.4 is 0 Å². The summed E-state index contributed by atoms with van der Waals surface area (Å²) in [5.74, 6) is -10.6. The molecule has 21 heavy (non-hydrogen) atoms. The molecule has 2 nitrogen and oxygen atoms in total. The summed E-state index contributed by atoms with van der Waals surface area (Å²) < 4.78 is 148. The summed E-state index contributed by atoms with van der Waals surface area (Å²) in [6, 6.07) is -3.64. The molecule has 124 valence electrons. The molecule has 14 heteroatoms. The Labute approximate surface area is 106 Å². The van der Waals surface area contributed by atoms with Crippen LogP contribution in [0.4, 0.5) is 52.7 Å². The van der Waals surface area contributed by atoms with Gasteiger partial charge in [0.15, 0.2) is 0 Å². The van der Waals surface area contributed by atoms with Crippen LogP contribution >= 0.6 is 0 Å². The van der Waals surface area contributed by atoms with Crippen molar-refractivity contribution in [2.75, 3.05) is 0 Å². The Bertz CT molecular complexity index is 443. The molecule has 0 rings (SSSR count). The van der Waals surface area contributed by atoms with Gasteiger partial charge in [0, 0.05) is 0 Å². The first-order valence-corrected chi connectivity index (χ1v) is 4.08. The fourth-order valence-corrected chi connectivity index (χ4v) is 0.730. The summed E-state index contributed by atoms with van der Waals surface area (Å²) in [7, 11) is 0. The summed E-state index contributed by atoms with van der Waals surface area (Å²) in [6.07, 6.45) is -20.8. The summed E-state index contributed by atoms with van der Waals surface area (Å²) in [5, 5.41) is 0. The smallest absolute Gasteiger partial charge is 0.398 e. The predicted octanol–water partition coefficient (Wildman–Crippen LogP) is 4.91. The third-order valence-electron chi connectivity index (χ3n) is 1.45. The van der Waals surface area contributed by atoms with Crippen molar-refractivity contribution in [3.8, 4) is 0 Å². The van der Waals surface area contributed by atoms with Crippen LogP contribution in [-0.2, 0) is 9.47 Å². The van der Waals surface area contributed by atoms with Gasteiger partial charge < -0.3 is 4.74 Å². The van der Waals surface area contributed by atoms with Crippen LogP contribution in [0.2, 0.25) is 0 Å². The lowest BCUT2D eigenvalue weighted by Crippen LogP contribution is -2.51. The van der Waals surface area contributed by atoms with Gasteiger partial charge in [0.2, 0.25) is 5.83 Å². The molecule has 0 saturated carbocycles. The Balaban J connectivity index is 5.92. The molecule has 0 radical (unpaired) electrons. The van der Waals surface area contributed by atoms with Crippen LogP contribution in [0.5, 0.6) is 0 Å². The fraction of sp³-hybridized carbons (Fsp3) is 0.429. The second kappa shape index (κ2) is 6.03. The van der Waals surface area contributed by atoms with Crippen molar-refractivity contribution in [2.45, 2.75) is 18.3 Å². The quantitative estimate of drug-likeness (QED) is 0.521. The first-order chi connectivity index (χ1) is 9.14. The molecule has 1 atom stereocenters. The minimum atomic E-state index is -6.57. The fourth-order valence-electron chi connectivity index (χ4n) is 0.730. The highest BCUT2D eigenvalue weighted by Crippen LogP contribution is 2.47. The topological polar surface area (TPSA) is 18.5 Å². The van der Waals surface area contributed by atoms with E-state index in [4.69, 9.17) is 0 Å². The Hall–Kier alpha value is -1.60. The van der Waals surface area contributed by atoms with E-state index in [-0.39, 0.29) is 0 Å². The second-order valence-electron chi connectivity index (χ2n) is 2.87. The molecule has 0 aromatic rings. The lowest BCUT2D eigenvalue weighted by atomic mass is 10.2. The largest absolute Gasteiger partial charge is 0.525 e. The van der Waals surface area contributed by atoms with Crippen molar-refractivity contribution in [2.24, 2.45) is 0 Å². The maximum absolute atomic E-state index is 13.2. The van der Waals surface area contributed by atoms with Gasteiger partial charge in [-0.2, -0.15) is 39.5 Å². The molecule has 0 heterocycles. The number of hydrogen-bond acceptors (Lipinski definition) is 2. The molecule has 0 aliphatic carbocycles. The lowest BCUT2D eigenvalue weighted by Gasteiger charge is -2.30. The minimum absolute atomic E-state index is 1.81. The van der Waals surface area contributed by atoms with Crippen LogP contribution in [0.1, 0.15) is 0 Å². The van der Waals surface area contributed by atoms with Gasteiger partial charge in [0.1, 0.15) is 0 Å². The molecular weight excluding hydrogens is 344 g/mol. The number of alkyl halides is 6. The molecule has 0 fully saturated rings. The molecule has 0 amide bonds. The third-order valence-corrected chi connectivity index (χ3v) is 1.45. The molecule has 0 aliphatic heterocycles. The van der Waals surface area contributed by atoms with E-state index in [9.17, 15) is 52.7 Å². The van der Waals surface area contributed by atoms with E-state index in [0.717, 1.165) is 0 Å². The maximum Gasteiger partial charge on any atom is 0.525 e. The zero-order valence-corrected chi connectivity index (χ0v) is 8.85. The third kappa shape index (κ3) is 4.71. The number of hydrogen-bond donors (Lipinski definition) is 0. The predicted molar refractivity (Wildman–Crippen MR) is 37.7 cm³/mol. The van der Waals surface area contributed by atoms with Crippen LogP contribution in [-0.4, -0.2) is 18.3 Å². The van der Waals surface area contributed by atoms with Gasteiger partial charge in [-0.05, 0) is 0 Å². The van der Waals surface area contributed by atoms with Crippen molar-refractivity contribution >= 4 is 0 Å². The summed E-state index contributed by atoms with van der Waals surface area (Å²) in [6.45, 7) is 0. The number of halogens is 12. The monoisotopic (exact) mass is 344 g/mol. The Kier molecular flexibility index (Phi) is 5.57. The van der Waals surface area contributed by atoms with Gasteiger partial charge >= 0.3 is 36.5 Å². The Morgan fingerprint density at radius 3 is 1.38 bits per heavy atom. The standard InChI is InChI=1S/C7F12O2/c8-1(2(9)10)5(14,21-7(17,18)19)6(15,16)20-4(13)3(11)12. The first-order valence-electron chi connectivity index (χ1n) is 4.08. The molecule has 0 spiro atoms. The molecule has 0 aliphatic rings. The van der Waals surface area contributed by atoms with Crippen LogP contribution in [0.3, 0.4) is 0 Å². The average molecular weight is 344 g/mol. The van der Waals surface area contributed by atoms with Crippen molar-refractivity contribution in [1.29, 1.82) is 0 Å². The summed E-state index contributed by atoms with van der Waals surface area (Å²) in [4.78, 5) is 0. The van der Waals surface area contributed by atoms with Gasteiger partial charge in [-0.25, -0.2) is 4.74 Å². The Morgan fingerprint density at radius 1 is 0.667 bits per heavy atom. The normalized spacial score (nSPS) is 15.2. The van der Waals surface area contributed by atoms with Gasteiger partial charge in [0.05, 0.1) is 0 Å². The molecule has 0 N–H and O–H groups in total. The van der Waals surface area contributed by atoms with Gasteiger partial charge in [0.25, 0.3) is 0 Å². The zero-order valence-electron chi connectivity index (χ0n) is 8.85. The highest BCUT2D eigenvalue weighted by Gasteiger charge is 2.69. The zero-order chi connectivity index (χ0) is 17.2. The molecule has 1 unspecified atom stereocenters. The van der Waals surface area contributed by atoms with E-state index in [1.165, 1.54) is 0 Å². The van der Waals surface area contributed by atoms with Crippen molar-refractivity contribution in [3.05, 3.63) is 24.0 Å². The van der Waals surface area contributed by atoms with E-state index >= 15 is 0 Å². The van der Waals surface area contributed by atoms with E-state index in [2.05, 4.69) is 4.74 Å². The highest BCUT2D eigenvalue weighted by molar-refractivity contribution is 5.10. The van der Waals surface area contributed by atoms with Crippen LogP contribution in [0.15, 0.2) is 24.0 Å². The average Bonchev–Trinajstić information content (AvgIpc) is 2.24. The SMILES string of the molecule is FC(F)=C(F)OC(F)(F)C(F)(OC(F)(F)F)C(F)=C(F)F. The number of ether oxygens (including phenoxy) is 2. The van der Waals surface area contributed by atoms with Crippen LogP contribution in [0, 0.1) is 0 Å². The van der Waals surface area contributed by atoms with E-state index < -0.39 is 42.3 Å². The number of rotatable bonds is 5. The highest BCUT2D eigenvalue weighted by atomic mass is 19.4. The Morgan fingerprint density at radius 2 is 1.10 bits per heavy atom. The minimum Gasteiger partial charge on any atom is -0.398 e.